The van der Waals surface area contributed by atoms with Crippen LogP contribution in [0.4, 0.5) is 0 Å². The van der Waals surface area contributed by atoms with Crippen molar-refractivity contribution in [3.05, 3.63) is 33.8 Å². The van der Waals surface area contributed by atoms with Crippen molar-refractivity contribution in [1.82, 2.24) is 5.32 Å². The van der Waals surface area contributed by atoms with Gasteiger partial charge in [0.15, 0.2) is 0 Å². The van der Waals surface area contributed by atoms with E-state index in [1.54, 1.807) is 0 Å². The Labute approximate surface area is 101 Å². The van der Waals surface area contributed by atoms with Crippen LogP contribution in [0.25, 0.3) is 0 Å². The molecule has 1 nitrogen and oxygen atoms in total. The summed E-state index contributed by atoms with van der Waals surface area (Å²) in [4.78, 5) is 0. The maximum Gasteiger partial charge on any atom is 0.0320 e. The lowest BCUT2D eigenvalue weighted by Crippen LogP contribution is -2.20. The molecule has 0 aliphatic heterocycles. The number of hydrogen-bond donors (Lipinski definition) is 1. The Kier molecular flexibility index (Phi) is 5.34. The number of halogens is 1. The van der Waals surface area contributed by atoms with Gasteiger partial charge < -0.3 is 5.32 Å². The van der Waals surface area contributed by atoms with Gasteiger partial charge in [-0.15, -0.1) is 0 Å². The van der Waals surface area contributed by atoms with Gasteiger partial charge in [-0.2, -0.15) is 0 Å². The number of nitrogens with one attached hydrogen (secondary N) is 1. The Morgan fingerprint density at radius 2 is 2.07 bits per heavy atom. The molecule has 0 aromatic heterocycles. The Bertz CT molecular complexity index is 303. The third-order valence-corrected chi connectivity index (χ3v) is 3.48. The molecular formula is C13H20BrN. The maximum absolute atomic E-state index is 3.59. The van der Waals surface area contributed by atoms with Gasteiger partial charge in [-0.1, -0.05) is 48.3 Å². The third kappa shape index (κ3) is 3.62. The highest BCUT2D eigenvalue weighted by atomic mass is 79.9. The van der Waals surface area contributed by atoms with Gasteiger partial charge in [-0.05, 0) is 37.1 Å². The van der Waals surface area contributed by atoms with Gasteiger partial charge in [0.25, 0.3) is 0 Å². The second-order valence-electron chi connectivity index (χ2n) is 3.91. The predicted molar refractivity (Wildman–Crippen MR) is 70.2 cm³/mol. The fourth-order valence-corrected chi connectivity index (χ4v) is 2.14. The average molecular weight is 270 g/mol. The van der Waals surface area contributed by atoms with Gasteiger partial charge >= 0.3 is 0 Å². The summed E-state index contributed by atoms with van der Waals surface area (Å²) in [5.41, 5.74) is 2.68. The van der Waals surface area contributed by atoms with E-state index in [-0.39, 0.29) is 0 Å². The monoisotopic (exact) mass is 269 g/mol. The molecule has 1 aromatic carbocycles. The zero-order valence-corrected chi connectivity index (χ0v) is 11.4. The van der Waals surface area contributed by atoms with Gasteiger partial charge in [0.2, 0.25) is 0 Å². The molecule has 0 bridgehead atoms. The van der Waals surface area contributed by atoms with Crippen molar-refractivity contribution in [2.24, 2.45) is 0 Å². The number of benzene rings is 1. The fraction of sp³-hybridized carbons (Fsp3) is 0.538. The van der Waals surface area contributed by atoms with E-state index in [2.05, 4.69) is 60.2 Å². The van der Waals surface area contributed by atoms with Crippen LogP contribution in [0.15, 0.2) is 22.7 Å². The largest absolute Gasteiger partial charge is 0.310 e. The molecule has 1 N–H and O–H groups in total. The van der Waals surface area contributed by atoms with Crippen LogP contribution in [0.5, 0.6) is 0 Å². The predicted octanol–water partition coefficient (Wildman–Crippen LogP) is 4.21. The van der Waals surface area contributed by atoms with Gasteiger partial charge in [0.05, 0.1) is 0 Å². The van der Waals surface area contributed by atoms with E-state index in [0.717, 1.165) is 6.54 Å². The zero-order chi connectivity index (χ0) is 11.3. The van der Waals surface area contributed by atoms with E-state index in [1.807, 2.05) is 0 Å². The molecule has 1 atom stereocenters. The van der Waals surface area contributed by atoms with Crippen LogP contribution in [-0.4, -0.2) is 6.54 Å². The molecule has 0 amide bonds. The van der Waals surface area contributed by atoms with E-state index in [0.29, 0.717) is 6.04 Å². The zero-order valence-electron chi connectivity index (χ0n) is 9.81. The van der Waals surface area contributed by atoms with Crippen molar-refractivity contribution in [3.8, 4) is 0 Å². The highest BCUT2D eigenvalue weighted by molar-refractivity contribution is 9.10. The Hall–Kier alpha value is -0.340. The molecule has 84 valence electrons. The molecule has 1 aromatic rings. The van der Waals surface area contributed by atoms with Crippen LogP contribution in [0.2, 0.25) is 0 Å². The molecule has 1 rings (SSSR count). The highest BCUT2D eigenvalue weighted by Gasteiger charge is 2.09. The van der Waals surface area contributed by atoms with Crippen LogP contribution < -0.4 is 5.32 Å². The van der Waals surface area contributed by atoms with Crippen molar-refractivity contribution in [3.63, 3.8) is 0 Å². The lowest BCUT2D eigenvalue weighted by molar-refractivity contribution is 0.509. The first-order valence-electron chi connectivity index (χ1n) is 5.68. The summed E-state index contributed by atoms with van der Waals surface area (Å²) in [5, 5.41) is 3.53. The molecule has 2 heteroatoms. The van der Waals surface area contributed by atoms with E-state index < -0.39 is 0 Å². The molecule has 15 heavy (non-hydrogen) atoms. The van der Waals surface area contributed by atoms with E-state index in [9.17, 15) is 0 Å². The Morgan fingerprint density at radius 3 is 2.60 bits per heavy atom. The second kappa shape index (κ2) is 6.29. The van der Waals surface area contributed by atoms with Crippen molar-refractivity contribution in [1.29, 1.82) is 0 Å². The first-order valence-corrected chi connectivity index (χ1v) is 6.47. The van der Waals surface area contributed by atoms with Crippen LogP contribution in [-0.2, 0) is 0 Å². The van der Waals surface area contributed by atoms with Crippen LogP contribution in [0, 0.1) is 6.92 Å². The minimum atomic E-state index is 0.497. The van der Waals surface area contributed by atoms with Gasteiger partial charge in [-0.3, -0.25) is 0 Å². The average Bonchev–Trinajstić information content (AvgIpc) is 2.22. The molecule has 0 saturated heterocycles. The number of hydrogen-bond acceptors (Lipinski definition) is 1. The Morgan fingerprint density at radius 1 is 1.33 bits per heavy atom. The Balaban J connectivity index is 2.85. The topological polar surface area (TPSA) is 12.0 Å². The lowest BCUT2D eigenvalue weighted by Gasteiger charge is -2.18. The van der Waals surface area contributed by atoms with E-state index >= 15 is 0 Å². The smallest absolute Gasteiger partial charge is 0.0320 e. The molecule has 0 heterocycles. The minimum Gasteiger partial charge on any atom is -0.310 e. The molecular weight excluding hydrogens is 250 g/mol. The molecule has 0 fully saturated rings. The first kappa shape index (κ1) is 12.7. The summed E-state index contributed by atoms with van der Waals surface area (Å²) in [6.45, 7) is 7.53. The first-order chi connectivity index (χ1) is 7.19. The molecule has 1 unspecified atom stereocenters. The molecule has 0 spiro atoms. The summed E-state index contributed by atoms with van der Waals surface area (Å²) in [7, 11) is 0. The van der Waals surface area contributed by atoms with Crippen molar-refractivity contribution in [2.75, 3.05) is 6.54 Å². The number of rotatable bonds is 5. The van der Waals surface area contributed by atoms with Gasteiger partial charge in [-0.25, -0.2) is 0 Å². The summed E-state index contributed by atoms with van der Waals surface area (Å²) in [5.74, 6) is 0. The van der Waals surface area contributed by atoms with Gasteiger partial charge in [0, 0.05) is 10.5 Å². The van der Waals surface area contributed by atoms with Crippen molar-refractivity contribution < 1.29 is 0 Å². The minimum absolute atomic E-state index is 0.497. The van der Waals surface area contributed by atoms with Crippen LogP contribution in [0.3, 0.4) is 0 Å². The van der Waals surface area contributed by atoms with Crippen LogP contribution >= 0.6 is 15.9 Å². The summed E-state index contributed by atoms with van der Waals surface area (Å²) in [6.07, 6.45) is 2.41. The maximum atomic E-state index is 3.59. The van der Waals surface area contributed by atoms with E-state index in [4.69, 9.17) is 0 Å². The lowest BCUT2D eigenvalue weighted by atomic mass is 10.0. The molecule has 0 aliphatic rings. The summed E-state index contributed by atoms with van der Waals surface area (Å²) < 4.78 is 1.21. The summed E-state index contributed by atoms with van der Waals surface area (Å²) >= 11 is 3.59. The SMILES string of the molecule is CCCC(NCC)c1ccc(C)c(Br)c1. The van der Waals surface area contributed by atoms with Crippen molar-refractivity contribution in [2.45, 2.75) is 39.7 Å². The van der Waals surface area contributed by atoms with Gasteiger partial charge in [0.1, 0.15) is 0 Å². The second-order valence-corrected chi connectivity index (χ2v) is 4.76. The summed E-state index contributed by atoms with van der Waals surface area (Å²) in [6, 6.07) is 7.14. The highest BCUT2D eigenvalue weighted by Crippen LogP contribution is 2.24. The standard InChI is InChI=1S/C13H20BrN/c1-4-6-13(15-5-2)11-8-7-10(3)12(14)9-11/h7-9,13,15H,4-6H2,1-3H3. The van der Waals surface area contributed by atoms with E-state index in [1.165, 1.54) is 28.4 Å². The molecule has 0 radical (unpaired) electrons. The quantitative estimate of drug-likeness (QED) is 0.845. The fourth-order valence-electron chi connectivity index (χ4n) is 1.75. The normalized spacial score (nSPS) is 12.8. The van der Waals surface area contributed by atoms with Crippen molar-refractivity contribution >= 4 is 15.9 Å². The number of aryl methyl sites for hydroxylation is 1. The molecule has 0 aliphatic carbocycles. The third-order valence-electron chi connectivity index (χ3n) is 2.63. The molecule has 0 saturated carbocycles. The van der Waals surface area contributed by atoms with Crippen LogP contribution in [0.1, 0.15) is 43.9 Å².